The van der Waals surface area contributed by atoms with Crippen molar-refractivity contribution in [2.24, 2.45) is 0 Å². The van der Waals surface area contributed by atoms with Gasteiger partial charge in [0.2, 0.25) is 0 Å². The Hall–Kier alpha value is 0.0600. The molecule has 14 heavy (non-hydrogen) atoms. The molecular weight excluding hydrogens is 222 g/mol. The van der Waals surface area contributed by atoms with E-state index in [-0.39, 0.29) is 28.8 Å². The van der Waals surface area contributed by atoms with Crippen LogP contribution in [0.3, 0.4) is 0 Å². The summed E-state index contributed by atoms with van der Waals surface area (Å²) in [6.45, 7) is 2.00. The molecule has 0 aromatic carbocycles. The molecule has 4 unspecified atom stereocenters. The van der Waals surface area contributed by atoms with Gasteiger partial charge in [-0.1, -0.05) is 0 Å². The molecule has 0 spiro atoms. The van der Waals surface area contributed by atoms with Gasteiger partial charge in [-0.3, -0.25) is 4.21 Å². The lowest BCUT2D eigenvalue weighted by Gasteiger charge is -2.38. The predicted molar refractivity (Wildman–Crippen MR) is 56.5 cm³/mol. The van der Waals surface area contributed by atoms with Gasteiger partial charge in [0.15, 0.2) is 9.84 Å². The van der Waals surface area contributed by atoms with Gasteiger partial charge in [0.05, 0.1) is 16.8 Å². The van der Waals surface area contributed by atoms with Crippen LogP contribution < -0.4 is 5.32 Å². The lowest BCUT2D eigenvalue weighted by molar-refractivity contribution is 0.414. The fraction of sp³-hybridized carbons (Fsp3) is 1.00. The van der Waals surface area contributed by atoms with Crippen molar-refractivity contribution < 1.29 is 12.6 Å². The zero-order valence-electron chi connectivity index (χ0n) is 8.10. The summed E-state index contributed by atoms with van der Waals surface area (Å²) in [5.41, 5.74) is 0. The summed E-state index contributed by atoms with van der Waals surface area (Å²) in [5.74, 6) is 0.922. The smallest absolute Gasteiger partial charge is 0.151 e. The minimum Gasteiger partial charge on any atom is -0.309 e. The molecule has 0 aliphatic carbocycles. The van der Waals surface area contributed by atoms with Gasteiger partial charge in [0.1, 0.15) is 0 Å². The largest absolute Gasteiger partial charge is 0.309 e. The Kier molecular flexibility index (Phi) is 2.70. The van der Waals surface area contributed by atoms with Crippen LogP contribution >= 0.6 is 0 Å². The number of hydrogen-bond donors (Lipinski definition) is 1. The van der Waals surface area contributed by atoms with Gasteiger partial charge in [0.25, 0.3) is 0 Å². The molecule has 4 nitrogen and oxygen atoms in total. The molecular formula is C8H15NO3S2. The maximum Gasteiger partial charge on any atom is 0.151 e. The third-order valence-electron chi connectivity index (χ3n) is 2.86. The number of nitrogens with one attached hydrogen (secondary N) is 1. The molecule has 0 amide bonds. The molecule has 2 aliphatic rings. The first-order valence-electron chi connectivity index (χ1n) is 4.81. The highest BCUT2D eigenvalue weighted by atomic mass is 32.2. The van der Waals surface area contributed by atoms with Crippen molar-refractivity contribution in [2.45, 2.75) is 30.7 Å². The van der Waals surface area contributed by atoms with Crippen LogP contribution in [0.1, 0.15) is 13.3 Å². The van der Waals surface area contributed by atoms with E-state index < -0.39 is 20.6 Å². The topological polar surface area (TPSA) is 63.2 Å². The van der Waals surface area contributed by atoms with E-state index in [9.17, 15) is 12.6 Å². The number of rotatable bonds is 0. The van der Waals surface area contributed by atoms with E-state index in [2.05, 4.69) is 5.32 Å². The number of sulfone groups is 1. The summed E-state index contributed by atoms with van der Waals surface area (Å²) in [7, 11) is -3.91. The first-order chi connectivity index (χ1) is 6.48. The molecule has 1 N–H and O–H groups in total. The van der Waals surface area contributed by atoms with Gasteiger partial charge < -0.3 is 5.32 Å². The van der Waals surface area contributed by atoms with E-state index in [1.807, 2.05) is 6.92 Å². The van der Waals surface area contributed by atoms with Crippen LogP contribution in [-0.2, 0) is 20.6 Å². The van der Waals surface area contributed by atoms with E-state index in [1.54, 1.807) is 0 Å². The van der Waals surface area contributed by atoms with Crippen molar-refractivity contribution in [2.75, 3.05) is 17.3 Å². The molecule has 2 saturated heterocycles. The van der Waals surface area contributed by atoms with Crippen LogP contribution in [0.2, 0.25) is 0 Å². The zero-order chi connectivity index (χ0) is 10.3. The Morgan fingerprint density at radius 3 is 2.86 bits per heavy atom. The quantitative estimate of drug-likeness (QED) is 0.604. The lowest BCUT2D eigenvalue weighted by atomic mass is 10.1. The van der Waals surface area contributed by atoms with E-state index in [0.717, 1.165) is 0 Å². The summed E-state index contributed by atoms with van der Waals surface area (Å²) in [6.07, 6.45) is 0.614. The maximum absolute atomic E-state index is 11.7. The van der Waals surface area contributed by atoms with Crippen LogP contribution in [0.15, 0.2) is 0 Å². The molecule has 0 aromatic rings. The van der Waals surface area contributed by atoms with Crippen molar-refractivity contribution >= 4 is 20.6 Å². The van der Waals surface area contributed by atoms with Gasteiger partial charge >= 0.3 is 0 Å². The van der Waals surface area contributed by atoms with Crippen molar-refractivity contribution in [3.05, 3.63) is 0 Å². The second kappa shape index (κ2) is 3.57. The Labute approximate surface area is 86.8 Å². The average Bonchev–Trinajstić information content (AvgIpc) is 2.06. The fourth-order valence-electron chi connectivity index (χ4n) is 2.18. The Morgan fingerprint density at radius 2 is 2.14 bits per heavy atom. The van der Waals surface area contributed by atoms with Gasteiger partial charge in [-0.25, -0.2) is 8.42 Å². The summed E-state index contributed by atoms with van der Waals surface area (Å²) < 4.78 is 34.5. The maximum atomic E-state index is 11.7. The monoisotopic (exact) mass is 237 g/mol. The fourth-order valence-corrected chi connectivity index (χ4v) is 6.33. The van der Waals surface area contributed by atoms with Crippen LogP contribution in [0.25, 0.3) is 0 Å². The molecule has 2 aliphatic heterocycles. The predicted octanol–water partition coefficient (Wildman–Crippen LogP) is -0.717. The molecule has 2 fully saturated rings. The minimum absolute atomic E-state index is 0.101. The van der Waals surface area contributed by atoms with Crippen molar-refractivity contribution in [1.29, 1.82) is 0 Å². The van der Waals surface area contributed by atoms with Crippen LogP contribution in [0, 0.1) is 0 Å². The number of hydrogen-bond acceptors (Lipinski definition) is 4. The van der Waals surface area contributed by atoms with Crippen molar-refractivity contribution in [3.63, 3.8) is 0 Å². The van der Waals surface area contributed by atoms with Gasteiger partial charge in [0, 0.05) is 28.6 Å². The molecule has 0 aromatic heterocycles. The molecule has 6 heteroatoms. The molecule has 0 saturated carbocycles. The summed E-state index contributed by atoms with van der Waals surface area (Å²) in [6, 6.07) is 0.390. The van der Waals surface area contributed by atoms with Crippen molar-refractivity contribution in [3.8, 4) is 0 Å². The SMILES string of the molecule is CC1CS(=O)C2CS(=O)(=O)CCC2N1. The Balaban J connectivity index is 2.18. The molecule has 2 heterocycles. The zero-order valence-corrected chi connectivity index (χ0v) is 9.73. The first kappa shape index (κ1) is 10.6. The summed E-state index contributed by atoms with van der Waals surface area (Å²) in [4.78, 5) is 0. The van der Waals surface area contributed by atoms with Gasteiger partial charge in [-0.2, -0.15) is 0 Å². The summed E-state index contributed by atoms with van der Waals surface area (Å²) in [5, 5.41) is 3.15. The molecule has 0 radical (unpaired) electrons. The first-order valence-corrected chi connectivity index (χ1v) is 8.02. The highest BCUT2D eigenvalue weighted by Gasteiger charge is 2.40. The van der Waals surface area contributed by atoms with E-state index in [1.165, 1.54) is 0 Å². The van der Waals surface area contributed by atoms with Crippen LogP contribution in [-0.4, -0.2) is 47.2 Å². The van der Waals surface area contributed by atoms with E-state index in [4.69, 9.17) is 0 Å². The normalized spacial score (nSPS) is 46.9. The van der Waals surface area contributed by atoms with Gasteiger partial charge in [-0.05, 0) is 13.3 Å². The second-order valence-electron chi connectivity index (χ2n) is 4.16. The highest BCUT2D eigenvalue weighted by molar-refractivity contribution is 7.93. The summed E-state index contributed by atoms with van der Waals surface area (Å²) >= 11 is 0. The highest BCUT2D eigenvalue weighted by Crippen LogP contribution is 2.22. The van der Waals surface area contributed by atoms with Gasteiger partial charge in [-0.15, -0.1) is 0 Å². The molecule has 4 atom stereocenters. The lowest BCUT2D eigenvalue weighted by Crippen LogP contribution is -2.59. The van der Waals surface area contributed by atoms with Crippen LogP contribution in [0.4, 0.5) is 0 Å². The van der Waals surface area contributed by atoms with E-state index in [0.29, 0.717) is 12.2 Å². The standard InChI is InChI=1S/C8H15NO3S2/c1-6-4-13(10)8-5-14(11,12)3-2-7(8)9-6/h6-9H,2-5H2,1H3. The van der Waals surface area contributed by atoms with Crippen LogP contribution in [0.5, 0.6) is 0 Å². The van der Waals surface area contributed by atoms with E-state index >= 15 is 0 Å². The third kappa shape index (κ3) is 2.01. The molecule has 0 bridgehead atoms. The molecule has 82 valence electrons. The second-order valence-corrected chi connectivity index (χ2v) is 8.09. The Morgan fingerprint density at radius 1 is 1.43 bits per heavy atom. The third-order valence-corrected chi connectivity index (χ3v) is 6.79. The Bertz CT molecular complexity index is 352. The molecule has 2 rings (SSSR count). The minimum atomic E-state index is -2.94. The number of fused-ring (bicyclic) bond motifs is 1. The average molecular weight is 237 g/mol. The van der Waals surface area contributed by atoms with Crippen molar-refractivity contribution in [1.82, 2.24) is 5.32 Å².